The Morgan fingerprint density at radius 1 is 1.35 bits per heavy atom. The van der Waals surface area contributed by atoms with Gasteiger partial charge in [-0.15, -0.1) is 0 Å². The molecule has 1 heterocycles. The lowest BCUT2D eigenvalue weighted by atomic mass is 9.57. The van der Waals surface area contributed by atoms with Gasteiger partial charge in [0.15, 0.2) is 0 Å². The van der Waals surface area contributed by atoms with Gasteiger partial charge in [-0.1, -0.05) is 37.9 Å². The molecule has 23 heavy (non-hydrogen) atoms. The summed E-state index contributed by atoms with van der Waals surface area (Å²) in [6.45, 7) is 8.88. The predicted molar refractivity (Wildman–Crippen MR) is 100 cm³/mol. The van der Waals surface area contributed by atoms with Gasteiger partial charge in [-0.2, -0.15) is 0 Å². The van der Waals surface area contributed by atoms with Gasteiger partial charge in [0.05, 0.1) is 0 Å². The Labute approximate surface area is 144 Å². The Kier molecular flexibility index (Phi) is 5.87. The quantitative estimate of drug-likeness (QED) is 0.794. The fourth-order valence-electron chi connectivity index (χ4n) is 5.27. The van der Waals surface area contributed by atoms with Crippen molar-refractivity contribution in [2.24, 2.45) is 11.7 Å². The fourth-order valence-corrected chi connectivity index (χ4v) is 5.27. The van der Waals surface area contributed by atoms with Crippen molar-refractivity contribution in [1.29, 1.82) is 0 Å². The first-order valence-electron chi connectivity index (χ1n) is 9.77. The molecule has 4 unspecified atom stereocenters. The van der Waals surface area contributed by atoms with Gasteiger partial charge in [-0.05, 0) is 52.4 Å². The molecular formula is C19H37BN2O. The Hall–Kier alpha value is -0.505. The van der Waals surface area contributed by atoms with Gasteiger partial charge < -0.3 is 10.6 Å². The molecule has 2 rings (SSSR count). The predicted octanol–water partition coefficient (Wildman–Crippen LogP) is 3.28. The SMILES string of the molecule is BC1(CC)CCCCC2C(CCC(=O)N2C(C)C)CC(C)(N)C1. The Bertz CT molecular complexity index is 424. The first-order chi connectivity index (χ1) is 10.7. The first-order valence-corrected chi connectivity index (χ1v) is 9.77. The van der Waals surface area contributed by atoms with E-state index < -0.39 is 0 Å². The topological polar surface area (TPSA) is 46.3 Å². The molecule has 0 bridgehead atoms. The van der Waals surface area contributed by atoms with Crippen molar-refractivity contribution in [2.75, 3.05) is 0 Å². The van der Waals surface area contributed by atoms with Crippen LogP contribution in [0.1, 0.15) is 85.5 Å². The molecule has 132 valence electrons. The normalized spacial score (nSPS) is 40.1. The average Bonchev–Trinajstić information content (AvgIpc) is 2.44. The number of carbonyl (C=O) groups excluding carboxylic acids is 1. The van der Waals surface area contributed by atoms with E-state index in [1.165, 1.54) is 25.7 Å². The molecule has 1 aliphatic heterocycles. The maximum absolute atomic E-state index is 12.4. The molecule has 0 aromatic heterocycles. The van der Waals surface area contributed by atoms with Crippen molar-refractivity contribution >= 4 is 13.8 Å². The molecule has 2 fully saturated rings. The van der Waals surface area contributed by atoms with Crippen LogP contribution in [-0.2, 0) is 4.79 Å². The highest BCUT2D eigenvalue weighted by atomic mass is 16.2. The van der Waals surface area contributed by atoms with E-state index in [0.717, 1.165) is 25.7 Å². The van der Waals surface area contributed by atoms with Crippen LogP contribution in [0.5, 0.6) is 0 Å². The standard InChI is InChI=1S/C19H37BN2O/c1-5-19(20)11-7-6-8-16-15(12-18(4,21)13-19)9-10-17(23)22(16)14(2)3/h14-16H,5-13,20-21H2,1-4H3. The largest absolute Gasteiger partial charge is 0.337 e. The van der Waals surface area contributed by atoms with E-state index in [2.05, 4.69) is 40.4 Å². The molecule has 1 saturated carbocycles. The van der Waals surface area contributed by atoms with Crippen molar-refractivity contribution in [2.45, 2.75) is 108 Å². The summed E-state index contributed by atoms with van der Waals surface area (Å²) in [5, 5.41) is 0.374. The number of piperidine rings is 1. The maximum atomic E-state index is 12.4. The van der Waals surface area contributed by atoms with E-state index in [-0.39, 0.29) is 5.54 Å². The highest BCUT2D eigenvalue weighted by Gasteiger charge is 2.41. The van der Waals surface area contributed by atoms with Gasteiger partial charge >= 0.3 is 0 Å². The summed E-state index contributed by atoms with van der Waals surface area (Å²) >= 11 is 0. The summed E-state index contributed by atoms with van der Waals surface area (Å²) in [4.78, 5) is 14.6. The zero-order valence-electron chi connectivity index (χ0n) is 16.0. The first kappa shape index (κ1) is 18.8. The lowest BCUT2D eigenvalue weighted by molar-refractivity contribution is -0.142. The second kappa shape index (κ2) is 7.17. The minimum absolute atomic E-state index is 0.117. The molecular weight excluding hydrogens is 283 g/mol. The minimum Gasteiger partial charge on any atom is -0.337 e. The molecule has 4 heteroatoms. The number of rotatable bonds is 2. The number of nitrogens with two attached hydrogens (primary N) is 1. The Balaban J connectivity index is 2.23. The van der Waals surface area contributed by atoms with Crippen molar-refractivity contribution in [1.82, 2.24) is 4.90 Å². The van der Waals surface area contributed by atoms with Crippen LogP contribution < -0.4 is 5.73 Å². The van der Waals surface area contributed by atoms with Crippen LogP contribution in [-0.4, -0.2) is 36.3 Å². The van der Waals surface area contributed by atoms with Gasteiger partial charge in [0.25, 0.3) is 0 Å². The summed E-state index contributed by atoms with van der Waals surface area (Å²) in [7, 11) is 2.42. The molecule has 0 aromatic rings. The number of nitrogens with zero attached hydrogens (tertiary/aromatic N) is 1. The summed E-state index contributed by atoms with van der Waals surface area (Å²) in [5.41, 5.74) is 6.66. The molecule has 1 saturated heterocycles. The molecule has 3 nitrogen and oxygen atoms in total. The number of fused-ring (bicyclic) bond motifs is 1. The number of carbonyl (C=O) groups is 1. The van der Waals surface area contributed by atoms with Gasteiger partial charge in [-0.25, -0.2) is 0 Å². The van der Waals surface area contributed by atoms with Crippen LogP contribution in [0.2, 0.25) is 5.31 Å². The van der Waals surface area contributed by atoms with E-state index in [0.29, 0.717) is 35.6 Å². The number of amides is 1. The number of hydrogen-bond donors (Lipinski definition) is 1. The van der Waals surface area contributed by atoms with E-state index in [1.807, 2.05) is 0 Å². The minimum atomic E-state index is -0.117. The highest BCUT2D eigenvalue weighted by molar-refractivity contribution is 6.15. The van der Waals surface area contributed by atoms with Gasteiger partial charge in [0.2, 0.25) is 5.91 Å². The molecule has 2 aliphatic rings. The zero-order chi connectivity index (χ0) is 17.3. The van der Waals surface area contributed by atoms with Crippen molar-refractivity contribution in [3.05, 3.63) is 0 Å². The molecule has 2 N–H and O–H groups in total. The summed E-state index contributed by atoms with van der Waals surface area (Å²) < 4.78 is 0. The summed E-state index contributed by atoms with van der Waals surface area (Å²) in [6, 6.07) is 0.716. The molecule has 1 aliphatic carbocycles. The molecule has 0 spiro atoms. The third-order valence-corrected chi connectivity index (χ3v) is 6.42. The van der Waals surface area contributed by atoms with E-state index >= 15 is 0 Å². The maximum Gasteiger partial charge on any atom is 0.223 e. The van der Waals surface area contributed by atoms with Gasteiger partial charge in [0, 0.05) is 24.0 Å². The van der Waals surface area contributed by atoms with Crippen molar-refractivity contribution < 1.29 is 4.79 Å². The van der Waals surface area contributed by atoms with Crippen LogP contribution >= 0.6 is 0 Å². The summed E-state index contributed by atoms with van der Waals surface area (Å²) in [6.07, 6.45) is 10.1. The summed E-state index contributed by atoms with van der Waals surface area (Å²) in [5.74, 6) is 0.930. The second-order valence-corrected chi connectivity index (χ2v) is 9.21. The van der Waals surface area contributed by atoms with E-state index in [9.17, 15) is 4.79 Å². The average molecular weight is 320 g/mol. The smallest absolute Gasteiger partial charge is 0.223 e. The number of hydrogen-bond acceptors (Lipinski definition) is 2. The molecule has 0 aromatic carbocycles. The zero-order valence-corrected chi connectivity index (χ0v) is 16.0. The van der Waals surface area contributed by atoms with E-state index in [4.69, 9.17) is 5.73 Å². The van der Waals surface area contributed by atoms with Crippen LogP contribution in [0.25, 0.3) is 0 Å². The van der Waals surface area contributed by atoms with Crippen LogP contribution in [0.4, 0.5) is 0 Å². The molecule has 4 atom stereocenters. The second-order valence-electron chi connectivity index (χ2n) is 9.21. The molecule has 1 amide bonds. The van der Waals surface area contributed by atoms with Gasteiger partial charge in [0.1, 0.15) is 7.85 Å². The lowest BCUT2D eigenvalue weighted by Crippen LogP contribution is -2.54. The Morgan fingerprint density at radius 3 is 2.65 bits per heavy atom. The third-order valence-electron chi connectivity index (χ3n) is 6.42. The van der Waals surface area contributed by atoms with Crippen molar-refractivity contribution in [3.63, 3.8) is 0 Å². The lowest BCUT2D eigenvalue weighted by Gasteiger charge is -2.48. The number of likely N-dealkylation sites (tertiary alicyclic amines) is 1. The fraction of sp³-hybridized carbons (Fsp3) is 0.947. The van der Waals surface area contributed by atoms with Crippen LogP contribution in [0.3, 0.4) is 0 Å². The van der Waals surface area contributed by atoms with Gasteiger partial charge in [-0.3, -0.25) is 4.79 Å². The molecule has 0 radical (unpaired) electrons. The van der Waals surface area contributed by atoms with Crippen LogP contribution in [0, 0.1) is 5.92 Å². The monoisotopic (exact) mass is 320 g/mol. The highest BCUT2D eigenvalue weighted by Crippen LogP contribution is 2.45. The van der Waals surface area contributed by atoms with Crippen LogP contribution in [0.15, 0.2) is 0 Å². The van der Waals surface area contributed by atoms with Crippen molar-refractivity contribution in [3.8, 4) is 0 Å². The third kappa shape index (κ3) is 4.52. The Morgan fingerprint density at radius 2 is 2.04 bits per heavy atom. The van der Waals surface area contributed by atoms with E-state index in [1.54, 1.807) is 0 Å².